The van der Waals surface area contributed by atoms with E-state index in [1.807, 2.05) is 48.1 Å². The van der Waals surface area contributed by atoms with Crippen molar-refractivity contribution in [1.82, 2.24) is 15.1 Å². The number of hydrogen-bond acceptors (Lipinski definition) is 7. The molecule has 1 aromatic carbocycles. The Labute approximate surface area is 171 Å². The Hall–Kier alpha value is -3.20. The molecule has 0 radical (unpaired) electrons. The first-order valence-corrected chi connectivity index (χ1v) is 9.72. The summed E-state index contributed by atoms with van der Waals surface area (Å²) in [6.07, 6.45) is -2.05. The van der Waals surface area contributed by atoms with Gasteiger partial charge in [-0.05, 0) is 32.4 Å². The van der Waals surface area contributed by atoms with Crippen LogP contribution in [0.3, 0.4) is 0 Å². The van der Waals surface area contributed by atoms with Crippen LogP contribution in [0.25, 0.3) is 10.2 Å². The molecule has 1 N–H and O–H groups in total. The van der Waals surface area contributed by atoms with Gasteiger partial charge in [0.1, 0.15) is 9.71 Å². The third kappa shape index (κ3) is 4.62. The number of rotatable bonds is 5. The van der Waals surface area contributed by atoms with E-state index in [1.165, 1.54) is 23.8 Å². The number of amides is 2. The third-order valence-electron chi connectivity index (χ3n) is 4.33. The highest BCUT2D eigenvalue weighted by Crippen LogP contribution is 2.29. The molecule has 8 nitrogen and oxygen atoms in total. The van der Waals surface area contributed by atoms with Crippen molar-refractivity contribution in [3.05, 3.63) is 52.0 Å². The average Bonchev–Trinajstić information content (AvgIpc) is 3.25. The summed E-state index contributed by atoms with van der Waals surface area (Å²) in [6, 6.07) is 9.88. The second-order valence-corrected chi connectivity index (χ2v) is 7.62. The van der Waals surface area contributed by atoms with Gasteiger partial charge < -0.3 is 9.47 Å². The molecule has 0 aliphatic rings. The van der Waals surface area contributed by atoms with Crippen LogP contribution in [0.5, 0.6) is 0 Å². The van der Waals surface area contributed by atoms with Gasteiger partial charge in [-0.15, -0.1) is 11.3 Å². The highest BCUT2D eigenvalue weighted by atomic mass is 32.1. The number of thiophene rings is 1. The first-order valence-electron chi connectivity index (χ1n) is 8.90. The molecular formula is C20H21N3O5S. The van der Waals surface area contributed by atoms with Gasteiger partial charge in [0.25, 0.3) is 5.91 Å². The lowest BCUT2D eigenvalue weighted by Gasteiger charge is -2.11. The highest BCUT2D eigenvalue weighted by Gasteiger charge is 2.23. The number of ether oxygens (including phenoxy) is 2. The molecule has 1 atom stereocenters. The summed E-state index contributed by atoms with van der Waals surface area (Å²) in [7, 11) is 1.14. The van der Waals surface area contributed by atoms with Crippen molar-refractivity contribution in [3.8, 4) is 0 Å². The summed E-state index contributed by atoms with van der Waals surface area (Å²) in [5.41, 5.74) is 3.09. The molecule has 0 aliphatic heterocycles. The quantitative estimate of drug-likeness (QED) is 0.643. The normalized spacial score (nSPS) is 11.9. The van der Waals surface area contributed by atoms with Crippen molar-refractivity contribution < 1.29 is 23.9 Å². The van der Waals surface area contributed by atoms with Gasteiger partial charge >= 0.3 is 12.1 Å². The fraction of sp³-hybridized carbons (Fsp3) is 0.300. The summed E-state index contributed by atoms with van der Waals surface area (Å²) < 4.78 is 11.4. The van der Waals surface area contributed by atoms with Crippen LogP contribution in [-0.4, -0.2) is 41.0 Å². The molecule has 29 heavy (non-hydrogen) atoms. The van der Waals surface area contributed by atoms with Gasteiger partial charge in [0.2, 0.25) is 0 Å². The van der Waals surface area contributed by atoms with Crippen molar-refractivity contribution >= 4 is 39.5 Å². The number of nitrogens with one attached hydrogen (secondary N) is 1. The first kappa shape index (κ1) is 20.5. The monoisotopic (exact) mass is 415 g/mol. The lowest BCUT2D eigenvalue weighted by atomic mass is 10.1. The van der Waals surface area contributed by atoms with E-state index in [1.54, 1.807) is 6.07 Å². The molecule has 2 aromatic heterocycles. The van der Waals surface area contributed by atoms with Crippen LogP contribution in [0.15, 0.2) is 30.3 Å². The number of benzene rings is 1. The number of aryl methyl sites for hydroxylation is 2. The van der Waals surface area contributed by atoms with Crippen molar-refractivity contribution in [2.45, 2.75) is 33.4 Å². The maximum Gasteiger partial charge on any atom is 0.413 e. The molecule has 0 unspecified atom stereocenters. The predicted octanol–water partition coefficient (Wildman–Crippen LogP) is 3.19. The molecule has 0 bridgehead atoms. The van der Waals surface area contributed by atoms with Gasteiger partial charge in [-0.25, -0.2) is 9.59 Å². The molecule has 2 amide bonds. The minimum absolute atomic E-state index is 0.357. The zero-order chi connectivity index (χ0) is 21.1. The predicted molar refractivity (Wildman–Crippen MR) is 108 cm³/mol. The Morgan fingerprint density at radius 3 is 2.55 bits per heavy atom. The minimum atomic E-state index is -1.14. The van der Waals surface area contributed by atoms with Gasteiger partial charge in [-0.3, -0.25) is 14.8 Å². The largest absolute Gasteiger partial charge is 0.453 e. The summed E-state index contributed by atoms with van der Waals surface area (Å²) in [4.78, 5) is 36.6. The van der Waals surface area contributed by atoms with Gasteiger partial charge in [-0.1, -0.05) is 29.8 Å². The summed E-state index contributed by atoms with van der Waals surface area (Å²) in [6.45, 7) is 5.87. The standard InChI is InChI=1S/C20H21N3O5S/c1-11-5-7-14(8-6-11)10-23-18-15(12(2)22-23)9-16(29-18)19(25)28-13(3)17(24)21-20(26)27-4/h5-9,13H,10H2,1-4H3,(H,21,24,26)/t13-/m0/s1. The molecule has 0 aliphatic carbocycles. The van der Waals surface area contributed by atoms with Crippen LogP contribution < -0.4 is 5.32 Å². The zero-order valence-corrected chi connectivity index (χ0v) is 17.3. The number of carbonyl (C=O) groups is 3. The Morgan fingerprint density at radius 1 is 1.21 bits per heavy atom. The second-order valence-electron chi connectivity index (χ2n) is 6.59. The first-order chi connectivity index (χ1) is 13.8. The van der Waals surface area contributed by atoms with Gasteiger partial charge in [0.15, 0.2) is 6.10 Å². The molecule has 0 saturated heterocycles. The molecule has 0 fully saturated rings. The Bertz CT molecular complexity index is 1070. The fourth-order valence-corrected chi connectivity index (χ4v) is 3.76. The molecule has 2 heterocycles. The molecule has 9 heteroatoms. The molecule has 3 rings (SSSR count). The van der Waals surface area contributed by atoms with Gasteiger partial charge in [0.05, 0.1) is 19.3 Å². The molecule has 0 saturated carbocycles. The number of esters is 1. The number of fused-ring (bicyclic) bond motifs is 1. The van der Waals surface area contributed by atoms with E-state index in [-0.39, 0.29) is 0 Å². The molecular weight excluding hydrogens is 394 g/mol. The Kier molecular flexibility index (Phi) is 5.97. The average molecular weight is 415 g/mol. The van der Waals surface area contributed by atoms with Crippen molar-refractivity contribution in [2.24, 2.45) is 0 Å². The number of carbonyl (C=O) groups excluding carboxylic acids is 3. The van der Waals surface area contributed by atoms with Crippen molar-refractivity contribution in [3.63, 3.8) is 0 Å². The highest BCUT2D eigenvalue weighted by molar-refractivity contribution is 7.20. The van der Waals surface area contributed by atoms with E-state index < -0.39 is 24.1 Å². The molecule has 152 valence electrons. The number of nitrogens with zero attached hydrogens (tertiary/aromatic N) is 2. The Balaban J connectivity index is 1.77. The SMILES string of the molecule is COC(=O)NC(=O)[C@H](C)OC(=O)c1cc2c(C)nn(Cc3ccc(C)cc3)c2s1. The number of aromatic nitrogens is 2. The smallest absolute Gasteiger partial charge is 0.413 e. The Morgan fingerprint density at radius 2 is 1.90 bits per heavy atom. The van der Waals surface area contributed by atoms with E-state index in [0.717, 1.165) is 28.6 Å². The van der Waals surface area contributed by atoms with Crippen LogP contribution >= 0.6 is 11.3 Å². The van der Waals surface area contributed by atoms with Gasteiger partial charge in [0, 0.05) is 5.39 Å². The van der Waals surface area contributed by atoms with Crippen LogP contribution in [-0.2, 0) is 20.8 Å². The van der Waals surface area contributed by atoms with E-state index in [4.69, 9.17) is 4.74 Å². The van der Waals surface area contributed by atoms with E-state index in [2.05, 4.69) is 9.84 Å². The van der Waals surface area contributed by atoms with Crippen LogP contribution in [0, 0.1) is 13.8 Å². The van der Waals surface area contributed by atoms with Crippen molar-refractivity contribution in [1.29, 1.82) is 0 Å². The zero-order valence-electron chi connectivity index (χ0n) is 16.5. The topological polar surface area (TPSA) is 99.5 Å². The number of hydrogen-bond donors (Lipinski definition) is 1. The summed E-state index contributed by atoms with van der Waals surface area (Å²) in [5.74, 6) is -1.40. The summed E-state index contributed by atoms with van der Waals surface area (Å²) >= 11 is 1.25. The number of imide groups is 1. The van der Waals surface area contributed by atoms with Crippen LogP contribution in [0.4, 0.5) is 4.79 Å². The van der Waals surface area contributed by atoms with Crippen LogP contribution in [0.1, 0.15) is 33.4 Å². The molecule has 0 spiro atoms. The van der Waals surface area contributed by atoms with Crippen molar-refractivity contribution in [2.75, 3.05) is 7.11 Å². The minimum Gasteiger partial charge on any atom is -0.453 e. The van der Waals surface area contributed by atoms with Gasteiger partial charge in [-0.2, -0.15) is 5.10 Å². The summed E-state index contributed by atoms with van der Waals surface area (Å²) in [5, 5.41) is 7.39. The number of methoxy groups -OCH3 is 1. The van der Waals surface area contributed by atoms with E-state index in [9.17, 15) is 14.4 Å². The molecule has 3 aromatic rings. The fourth-order valence-electron chi connectivity index (χ4n) is 2.71. The third-order valence-corrected chi connectivity index (χ3v) is 5.45. The lowest BCUT2D eigenvalue weighted by molar-refractivity contribution is -0.128. The maximum atomic E-state index is 12.5. The van der Waals surface area contributed by atoms with E-state index >= 15 is 0 Å². The second kappa shape index (κ2) is 8.44. The number of alkyl carbamates (subject to hydrolysis) is 1. The lowest BCUT2D eigenvalue weighted by Crippen LogP contribution is -2.39. The maximum absolute atomic E-state index is 12.5. The van der Waals surface area contributed by atoms with E-state index in [0.29, 0.717) is 11.4 Å². The van der Waals surface area contributed by atoms with Crippen LogP contribution in [0.2, 0.25) is 0 Å².